The van der Waals surface area contributed by atoms with E-state index in [4.69, 9.17) is 15.5 Å². The fourth-order valence-corrected chi connectivity index (χ4v) is 6.34. The number of nitrogens with zero attached hydrogens (tertiary/aromatic N) is 4. The van der Waals surface area contributed by atoms with Gasteiger partial charge in [-0.15, -0.1) is 0 Å². The molecule has 1 aliphatic rings. The Balaban J connectivity index is 1.24. The van der Waals surface area contributed by atoms with E-state index in [1.165, 1.54) is 27.4 Å². The molecule has 8 rings (SSSR count). The maximum absolute atomic E-state index is 9.94. The molecule has 43 heavy (non-hydrogen) atoms. The van der Waals surface area contributed by atoms with Gasteiger partial charge in [0.15, 0.2) is 0 Å². The molecular weight excluding hydrogens is 530 g/mol. The highest BCUT2D eigenvalue weighted by atomic mass is 16.5. The molecule has 0 spiro atoms. The van der Waals surface area contributed by atoms with Crippen LogP contribution in [0.2, 0.25) is 0 Å². The Bertz CT molecular complexity index is 2280. The summed E-state index contributed by atoms with van der Waals surface area (Å²) in [5.74, 6) is 1.19. The van der Waals surface area contributed by atoms with Crippen molar-refractivity contribution in [1.29, 1.82) is 5.26 Å². The van der Waals surface area contributed by atoms with Crippen LogP contribution in [0.5, 0.6) is 11.6 Å². The van der Waals surface area contributed by atoms with Gasteiger partial charge in [0.1, 0.15) is 23.2 Å². The molecule has 4 heterocycles. The maximum Gasteiger partial charge on any atom is 0.231 e. The highest BCUT2D eigenvalue weighted by Gasteiger charge is 2.26. The van der Waals surface area contributed by atoms with E-state index in [-0.39, 0.29) is 11.4 Å². The summed E-state index contributed by atoms with van der Waals surface area (Å²) >= 11 is 0. The van der Waals surface area contributed by atoms with E-state index < -0.39 is 0 Å². The number of aryl methyl sites for hydroxylation is 1. The normalized spacial score (nSPS) is 11.9. The minimum Gasteiger partial charge on any atom is -0.438 e. The Hall–Kier alpha value is -5.67. The Labute approximate surface area is 248 Å². The van der Waals surface area contributed by atoms with Crippen LogP contribution < -0.4 is 10.5 Å². The summed E-state index contributed by atoms with van der Waals surface area (Å²) in [4.78, 5) is 9.33. The summed E-state index contributed by atoms with van der Waals surface area (Å²) in [5.41, 5.74) is 15.4. The highest BCUT2D eigenvalue weighted by molar-refractivity contribution is 6.09. The molecule has 6 heteroatoms. The summed E-state index contributed by atoms with van der Waals surface area (Å²) < 4.78 is 8.53. The summed E-state index contributed by atoms with van der Waals surface area (Å²) in [6.07, 6.45) is 2.32. The van der Waals surface area contributed by atoms with Gasteiger partial charge in [0.2, 0.25) is 5.88 Å². The first-order chi connectivity index (χ1) is 21.1. The summed E-state index contributed by atoms with van der Waals surface area (Å²) in [5, 5.41) is 13.2. The van der Waals surface area contributed by atoms with Gasteiger partial charge in [0.05, 0.1) is 16.6 Å². The molecule has 7 aromatic rings. The number of anilines is 1. The predicted molar refractivity (Wildman–Crippen MR) is 173 cm³/mol. The number of rotatable bonds is 5. The third-order valence-electron chi connectivity index (χ3n) is 8.47. The number of nitrogen functional groups attached to an aromatic ring is 1. The van der Waals surface area contributed by atoms with Crippen LogP contribution in [0.3, 0.4) is 0 Å². The molecule has 206 valence electrons. The van der Waals surface area contributed by atoms with Crippen LogP contribution in [0.25, 0.3) is 66.2 Å². The molecule has 0 aliphatic carbocycles. The number of aromatic nitrogens is 3. The van der Waals surface area contributed by atoms with Crippen LogP contribution in [0, 0.1) is 11.3 Å². The summed E-state index contributed by atoms with van der Waals surface area (Å²) in [7, 11) is 0. The zero-order valence-electron chi connectivity index (χ0n) is 23.6. The molecule has 4 aromatic carbocycles. The van der Waals surface area contributed by atoms with E-state index in [1.807, 2.05) is 24.3 Å². The van der Waals surface area contributed by atoms with E-state index >= 15 is 0 Å². The fraction of sp³-hybridized carbons (Fsp3) is 0.108. The van der Waals surface area contributed by atoms with Crippen LogP contribution in [-0.2, 0) is 6.54 Å². The average molecular weight is 558 g/mol. The summed E-state index contributed by atoms with van der Waals surface area (Å²) in [6.45, 7) is 3.25. The smallest absolute Gasteiger partial charge is 0.231 e. The van der Waals surface area contributed by atoms with Gasteiger partial charge in [-0.1, -0.05) is 80.1 Å². The van der Waals surface area contributed by atoms with Crippen molar-refractivity contribution in [2.45, 2.75) is 26.3 Å². The maximum atomic E-state index is 9.94. The SMILES string of the molecule is CCCCn1c2ccccc2c2cc(-c3ccc(-c4cc5c6c(nc(N)c(C#N)c6n4)Oc4ccccc4-5)cc3)ccc21. The molecule has 0 radical (unpaired) electrons. The predicted octanol–water partition coefficient (Wildman–Crippen LogP) is 9.10. The molecule has 0 unspecified atom stereocenters. The second-order valence-electron chi connectivity index (χ2n) is 11.0. The number of benzene rings is 4. The van der Waals surface area contributed by atoms with Crippen molar-refractivity contribution in [2.24, 2.45) is 0 Å². The first-order valence-electron chi connectivity index (χ1n) is 14.6. The Morgan fingerprint density at radius 1 is 0.791 bits per heavy atom. The third-order valence-corrected chi connectivity index (χ3v) is 8.47. The molecule has 6 nitrogen and oxygen atoms in total. The van der Waals surface area contributed by atoms with E-state index in [0.717, 1.165) is 47.3 Å². The first-order valence-corrected chi connectivity index (χ1v) is 14.6. The van der Waals surface area contributed by atoms with Gasteiger partial charge in [-0.2, -0.15) is 10.2 Å². The second kappa shape index (κ2) is 9.71. The van der Waals surface area contributed by atoms with Crippen molar-refractivity contribution in [3.8, 4) is 51.2 Å². The number of hydrogen-bond acceptors (Lipinski definition) is 5. The van der Waals surface area contributed by atoms with Gasteiger partial charge in [0, 0.05) is 45.0 Å². The topological polar surface area (TPSA) is 89.8 Å². The lowest BCUT2D eigenvalue weighted by molar-refractivity contribution is 0.468. The van der Waals surface area contributed by atoms with Crippen molar-refractivity contribution in [3.05, 3.63) is 103 Å². The molecule has 0 bridgehead atoms. The van der Waals surface area contributed by atoms with E-state index in [2.05, 4.69) is 95.3 Å². The van der Waals surface area contributed by atoms with Gasteiger partial charge >= 0.3 is 0 Å². The van der Waals surface area contributed by atoms with Gasteiger partial charge in [-0.3, -0.25) is 0 Å². The molecule has 3 aromatic heterocycles. The monoisotopic (exact) mass is 557 g/mol. The zero-order valence-corrected chi connectivity index (χ0v) is 23.6. The number of nitriles is 1. The Kier molecular flexibility index (Phi) is 5.66. The van der Waals surface area contributed by atoms with Gasteiger partial charge in [-0.25, -0.2) is 4.98 Å². The number of pyridine rings is 2. The number of fused-ring (bicyclic) bond motifs is 5. The average Bonchev–Trinajstić information content (AvgIpc) is 3.36. The molecular formula is C37H27N5O. The minimum absolute atomic E-state index is 0.113. The van der Waals surface area contributed by atoms with Crippen LogP contribution >= 0.6 is 0 Å². The van der Waals surface area contributed by atoms with Crippen molar-refractivity contribution < 1.29 is 4.74 Å². The zero-order chi connectivity index (χ0) is 29.1. The van der Waals surface area contributed by atoms with Crippen molar-refractivity contribution in [1.82, 2.24) is 14.5 Å². The number of nitrogens with two attached hydrogens (primary N) is 1. The van der Waals surface area contributed by atoms with Gasteiger partial charge in [-0.05, 0) is 47.9 Å². The Morgan fingerprint density at radius 2 is 1.53 bits per heavy atom. The fourth-order valence-electron chi connectivity index (χ4n) is 6.34. The molecule has 0 saturated heterocycles. The number of para-hydroxylation sites is 2. The first kappa shape index (κ1) is 25.1. The minimum atomic E-state index is 0.113. The second-order valence-corrected chi connectivity index (χ2v) is 11.0. The standard InChI is InChI=1S/C37H27N5O/c1-2-3-18-42-31-10-6-4-8-25(31)27-19-24(16-17-32(27)42)22-12-14-23(15-13-22)30-20-28-26-9-5-7-11-33(26)43-37-34(28)35(40-30)29(21-38)36(39)41-37/h4-17,19-20H,2-3,18H2,1H3,(H2,39,41). The van der Waals surface area contributed by atoms with Crippen LogP contribution in [0.1, 0.15) is 25.3 Å². The van der Waals surface area contributed by atoms with Gasteiger partial charge < -0.3 is 15.0 Å². The highest BCUT2D eigenvalue weighted by Crippen LogP contribution is 2.47. The van der Waals surface area contributed by atoms with Crippen molar-refractivity contribution in [3.63, 3.8) is 0 Å². The number of unbranched alkanes of at least 4 members (excludes halogenated alkanes) is 1. The number of ether oxygens (including phenoxy) is 1. The van der Waals surface area contributed by atoms with Crippen molar-refractivity contribution in [2.75, 3.05) is 5.73 Å². The summed E-state index contributed by atoms with van der Waals surface area (Å²) in [6, 6.07) is 36.0. The quantitative estimate of drug-likeness (QED) is 0.228. The molecule has 1 aliphatic heterocycles. The third kappa shape index (κ3) is 3.86. The van der Waals surface area contributed by atoms with Crippen molar-refractivity contribution >= 4 is 38.5 Å². The lowest BCUT2D eigenvalue weighted by Gasteiger charge is -2.21. The number of hydrogen-bond donors (Lipinski definition) is 1. The van der Waals surface area contributed by atoms with E-state index in [1.54, 1.807) is 0 Å². The largest absolute Gasteiger partial charge is 0.438 e. The lowest BCUT2D eigenvalue weighted by Crippen LogP contribution is -2.06. The Morgan fingerprint density at radius 3 is 2.37 bits per heavy atom. The van der Waals surface area contributed by atoms with Crippen LogP contribution in [-0.4, -0.2) is 14.5 Å². The molecule has 0 amide bonds. The molecule has 0 fully saturated rings. The molecule has 0 saturated carbocycles. The molecule has 2 N–H and O–H groups in total. The van der Waals surface area contributed by atoms with Crippen LogP contribution in [0.15, 0.2) is 97.1 Å². The van der Waals surface area contributed by atoms with E-state index in [9.17, 15) is 5.26 Å². The van der Waals surface area contributed by atoms with Crippen LogP contribution in [0.4, 0.5) is 5.82 Å². The van der Waals surface area contributed by atoms with E-state index in [0.29, 0.717) is 22.5 Å². The lowest BCUT2D eigenvalue weighted by atomic mass is 9.94. The molecule has 0 atom stereocenters. The van der Waals surface area contributed by atoms with Gasteiger partial charge in [0.25, 0.3) is 0 Å².